The summed E-state index contributed by atoms with van der Waals surface area (Å²) in [5.41, 5.74) is 1.35. The molecule has 0 aromatic heterocycles. The van der Waals surface area contributed by atoms with Crippen molar-refractivity contribution in [3.63, 3.8) is 0 Å². The molecule has 0 atom stereocenters. The Morgan fingerprint density at radius 1 is 1.40 bits per heavy atom. The van der Waals surface area contributed by atoms with Gasteiger partial charge in [0.25, 0.3) is 0 Å². The average molecular weight is 157 g/mol. The maximum absolute atomic E-state index is 4.34. The molecule has 0 saturated heterocycles. The molecule has 0 radical (unpaired) electrons. The molecule has 2 heteroatoms. The molecule has 0 aliphatic heterocycles. The van der Waals surface area contributed by atoms with Gasteiger partial charge in [0.05, 0.1) is 0 Å². The molecule has 10 heavy (non-hydrogen) atoms. The summed E-state index contributed by atoms with van der Waals surface area (Å²) in [6.07, 6.45) is 7.59. The van der Waals surface area contributed by atoms with Gasteiger partial charge < -0.3 is 0 Å². The van der Waals surface area contributed by atoms with Crippen molar-refractivity contribution in [2.45, 2.75) is 32.6 Å². The lowest BCUT2D eigenvalue weighted by Gasteiger charge is -2.05. The zero-order valence-corrected chi connectivity index (χ0v) is 7.58. The van der Waals surface area contributed by atoms with Crippen molar-refractivity contribution in [2.24, 2.45) is 10.3 Å². The van der Waals surface area contributed by atoms with Crippen molar-refractivity contribution in [3.8, 4) is 0 Å². The van der Waals surface area contributed by atoms with Crippen LogP contribution in [0, 0.1) is 5.92 Å². The molecule has 1 fully saturated rings. The largest absolute Gasteiger partial charge is 0.226 e. The normalized spacial score (nSPS) is 22.0. The first-order chi connectivity index (χ1) is 4.84. The van der Waals surface area contributed by atoms with Crippen LogP contribution in [0.2, 0.25) is 0 Å². The molecular weight excluding hydrogens is 142 g/mol. The molecular formula is C8H15NS. The Balaban J connectivity index is 2.39. The van der Waals surface area contributed by atoms with Gasteiger partial charge in [-0.05, 0) is 37.6 Å². The van der Waals surface area contributed by atoms with Gasteiger partial charge in [0.1, 0.15) is 0 Å². The molecule has 0 aromatic rings. The highest BCUT2D eigenvalue weighted by atomic mass is 32.2. The minimum atomic E-state index is 0.812. The van der Waals surface area contributed by atoms with Gasteiger partial charge in [-0.15, -0.1) is 0 Å². The first-order valence-corrected chi connectivity index (χ1v) is 5.10. The molecule has 0 unspecified atom stereocenters. The van der Waals surface area contributed by atoms with E-state index in [-0.39, 0.29) is 0 Å². The van der Waals surface area contributed by atoms with Crippen molar-refractivity contribution >= 4 is 17.7 Å². The molecule has 1 aliphatic rings. The van der Waals surface area contributed by atoms with Crippen molar-refractivity contribution in [1.29, 1.82) is 0 Å². The van der Waals surface area contributed by atoms with E-state index in [1.165, 1.54) is 31.4 Å². The Morgan fingerprint density at radius 3 is 2.50 bits per heavy atom. The summed E-state index contributed by atoms with van der Waals surface area (Å²) in [6.45, 7) is 2.16. The summed E-state index contributed by atoms with van der Waals surface area (Å²) < 4.78 is 4.34. The van der Waals surface area contributed by atoms with Crippen LogP contribution in [0.25, 0.3) is 0 Å². The maximum atomic E-state index is 4.34. The van der Waals surface area contributed by atoms with E-state index in [4.69, 9.17) is 0 Å². The van der Waals surface area contributed by atoms with Gasteiger partial charge >= 0.3 is 0 Å². The second-order valence-electron chi connectivity index (χ2n) is 2.90. The maximum Gasteiger partial charge on any atom is 0.0262 e. The van der Waals surface area contributed by atoms with Gasteiger partial charge in [-0.2, -0.15) is 0 Å². The van der Waals surface area contributed by atoms with E-state index in [9.17, 15) is 0 Å². The fourth-order valence-corrected chi connectivity index (χ4v) is 2.00. The average Bonchev–Trinajstić information content (AvgIpc) is 2.38. The Morgan fingerprint density at radius 2 is 2.00 bits per heavy atom. The zero-order chi connectivity index (χ0) is 7.40. The second kappa shape index (κ2) is 4.02. The molecule has 0 aromatic carbocycles. The van der Waals surface area contributed by atoms with Gasteiger partial charge in [-0.1, -0.05) is 12.8 Å². The van der Waals surface area contributed by atoms with Crippen LogP contribution in [0.1, 0.15) is 32.6 Å². The molecule has 1 rings (SSSR count). The second-order valence-corrected chi connectivity index (χ2v) is 3.44. The number of hydrogen-bond acceptors (Lipinski definition) is 2. The molecule has 1 nitrogen and oxygen atoms in total. The van der Waals surface area contributed by atoms with E-state index in [2.05, 4.69) is 11.3 Å². The number of rotatable bonds is 2. The van der Waals surface area contributed by atoms with E-state index < -0.39 is 0 Å². The number of hydrogen-bond donors (Lipinski definition) is 0. The Hall–Kier alpha value is 0.0200. The lowest BCUT2D eigenvalue weighted by Crippen LogP contribution is -2.04. The lowest BCUT2D eigenvalue weighted by molar-refractivity contribution is 0.727. The third kappa shape index (κ3) is 2.01. The van der Waals surface area contributed by atoms with Crippen molar-refractivity contribution < 1.29 is 0 Å². The minimum Gasteiger partial charge on any atom is -0.226 e. The standard InChI is InChI=1S/C8H15NS/c1-7(9-10-2)8-5-3-4-6-8/h8H,3-6H2,1-2H3/b9-7+. The summed E-state index contributed by atoms with van der Waals surface area (Å²) in [5, 5.41) is 0. The van der Waals surface area contributed by atoms with E-state index in [0.29, 0.717) is 0 Å². The molecule has 1 aliphatic carbocycles. The monoisotopic (exact) mass is 157 g/mol. The fourth-order valence-electron chi connectivity index (χ4n) is 1.56. The SMILES string of the molecule is CS/N=C(\C)C1CCCC1. The third-order valence-electron chi connectivity index (χ3n) is 2.18. The summed E-state index contributed by atoms with van der Waals surface area (Å²) >= 11 is 1.58. The van der Waals surface area contributed by atoms with Crippen LogP contribution >= 0.6 is 11.9 Å². The van der Waals surface area contributed by atoms with Gasteiger partial charge in [0, 0.05) is 12.0 Å². The summed E-state index contributed by atoms with van der Waals surface area (Å²) in [7, 11) is 0. The van der Waals surface area contributed by atoms with Crippen LogP contribution in [-0.4, -0.2) is 12.0 Å². The predicted octanol–water partition coefficient (Wildman–Crippen LogP) is 2.92. The quantitative estimate of drug-likeness (QED) is 0.443. The van der Waals surface area contributed by atoms with E-state index >= 15 is 0 Å². The van der Waals surface area contributed by atoms with Gasteiger partial charge in [-0.3, -0.25) is 0 Å². The van der Waals surface area contributed by atoms with Gasteiger partial charge in [0.2, 0.25) is 0 Å². The van der Waals surface area contributed by atoms with E-state index in [1.54, 1.807) is 11.9 Å². The first kappa shape index (κ1) is 8.12. The summed E-state index contributed by atoms with van der Waals surface area (Å²) in [6, 6.07) is 0. The van der Waals surface area contributed by atoms with Crippen molar-refractivity contribution in [3.05, 3.63) is 0 Å². The first-order valence-electron chi connectivity index (χ1n) is 3.92. The van der Waals surface area contributed by atoms with Crippen LogP contribution in [0.15, 0.2) is 4.40 Å². The van der Waals surface area contributed by atoms with Gasteiger partial charge in [0.15, 0.2) is 0 Å². The van der Waals surface area contributed by atoms with Crippen molar-refractivity contribution in [1.82, 2.24) is 0 Å². The number of nitrogens with zero attached hydrogens (tertiary/aromatic N) is 1. The highest BCUT2D eigenvalue weighted by Crippen LogP contribution is 2.26. The Kier molecular flexibility index (Phi) is 3.26. The molecule has 0 amide bonds. The predicted molar refractivity (Wildman–Crippen MR) is 48.6 cm³/mol. The van der Waals surface area contributed by atoms with Gasteiger partial charge in [-0.25, -0.2) is 4.40 Å². The molecule has 58 valence electrons. The van der Waals surface area contributed by atoms with E-state index in [0.717, 1.165) is 5.92 Å². The lowest BCUT2D eigenvalue weighted by atomic mass is 10.0. The van der Waals surface area contributed by atoms with Crippen LogP contribution in [0.4, 0.5) is 0 Å². The zero-order valence-electron chi connectivity index (χ0n) is 6.76. The Labute approximate surface area is 67.4 Å². The van der Waals surface area contributed by atoms with E-state index in [1.807, 2.05) is 6.26 Å². The highest BCUT2D eigenvalue weighted by molar-refractivity contribution is 7.97. The molecule has 0 heterocycles. The highest BCUT2D eigenvalue weighted by Gasteiger charge is 2.16. The summed E-state index contributed by atoms with van der Waals surface area (Å²) in [5.74, 6) is 0.812. The topological polar surface area (TPSA) is 12.4 Å². The van der Waals surface area contributed by atoms with Crippen molar-refractivity contribution in [2.75, 3.05) is 6.26 Å². The molecule has 0 N–H and O–H groups in total. The fraction of sp³-hybridized carbons (Fsp3) is 0.875. The van der Waals surface area contributed by atoms with Crippen LogP contribution in [0.5, 0.6) is 0 Å². The smallest absolute Gasteiger partial charge is 0.0262 e. The Bertz CT molecular complexity index is 125. The molecule has 0 bridgehead atoms. The van der Waals surface area contributed by atoms with Crippen LogP contribution in [-0.2, 0) is 0 Å². The third-order valence-corrected chi connectivity index (χ3v) is 2.65. The molecule has 0 spiro atoms. The molecule has 1 saturated carbocycles. The minimum absolute atomic E-state index is 0.812. The van der Waals surface area contributed by atoms with Crippen LogP contribution < -0.4 is 0 Å². The summed E-state index contributed by atoms with van der Waals surface area (Å²) in [4.78, 5) is 0. The van der Waals surface area contributed by atoms with Crippen LogP contribution in [0.3, 0.4) is 0 Å².